The smallest absolute Gasteiger partial charge is 0.338 e. The van der Waals surface area contributed by atoms with E-state index in [0.717, 1.165) is 19.3 Å². The van der Waals surface area contributed by atoms with Crippen molar-refractivity contribution in [3.63, 3.8) is 0 Å². The normalized spacial score (nSPS) is 18.2. The molecule has 0 amide bonds. The Labute approximate surface area is 158 Å². The SMILES string of the molecule is C[C@H]1CCCCN1S(=O)(=O)c1ccc(C(=O)OCc2ccccc2F)cc1. The number of carbonyl (C=O) groups is 1. The van der Waals surface area contributed by atoms with Crippen molar-refractivity contribution in [2.24, 2.45) is 0 Å². The highest BCUT2D eigenvalue weighted by Gasteiger charge is 2.30. The number of nitrogens with zero attached hydrogens (tertiary/aromatic N) is 1. The molecule has 3 rings (SSSR count). The number of ether oxygens (including phenoxy) is 1. The van der Waals surface area contributed by atoms with Crippen molar-refractivity contribution in [2.75, 3.05) is 6.54 Å². The van der Waals surface area contributed by atoms with Gasteiger partial charge in [0.2, 0.25) is 10.0 Å². The number of halogens is 1. The molecule has 0 N–H and O–H groups in total. The number of carbonyl (C=O) groups excluding carboxylic acids is 1. The van der Waals surface area contributed by atoms with E-state index in [1.165, 1.54) is 40.7 Å². The molecule has 27 heavy (non-hydrogen) atoms. The fourth-order valence-electron chi connectivity index (χ4n) is 3.17. The quantitative estimate of drug-likeness (QED) is 0.729. The van der Waals surface area contributed by atoms with E-state index in [9.17, 15) is 17.6 Å². The lowest BCUT2D eigenvalue weighted by Gasteiger charge is -2.32. The van der Waals surface area contributed by atoms with Crippen molar-refractivity contribution in [3.8, 4) is 0 Å². The summed E-state index contributed by atoms with van der Waals surface area (Å²) in [6.07, 6.45) is 2.73. The van der Waals surface area contributed by atoms with Crippen molar-refractivity contribution in [3.05, 3.63) is 65.5 Å². The van der Waals surface area contributed by atoms with Gasteiger partial charge in [-0.2, -0.15) is 4.31 Å². The van der Waals surface area contributed by atoms with Gasteiger partial charge >= 0.3 is 5.97 Å². The second-order valence-electron chi connectivity index (χ2n) is 6.65. The first kappa shape index (κ1) is 19.5. The van der Waals surface area contributed by atoms with Crippen LogP contribution in [-0.4, -0.2) is 31.3 Å². The van der Waals surface area contributed by atoms with E-state index in [-0.39, 0.29) is 28.7 Å². The van der Waals surface area contributed by atoms with Gasteiger partial charge in [0.1, 0.15) is 12.4 Å². The van der Waals surface area contributed by atoms with Gasteiger partial charge in [0.25, 0.3) is 0 Å². The maximum Gasteiger partial charge on any atom is 0.338 e. The Morgan fingerprint density at radius 1 is 1.15 bits per heavy atom. The first-order valence-electron chi connectivity index (χ1n) is 8.92. The highest BCUT2D eigenvalue weighted by Crippen LogP contribution is 2.25. The summed E-state index contributed by atoms with van der Waals surface area (Å²) < 4.78 is 45.8. The zero-order valence-electron chi connectivity index (χ0n) is 15.1. The molecule has 0 aliphatic carbocycles. The fourth-order valence-corrected chi connectivity index (χ4v) is 4.87. The summed E-state index contributed by atoms with van der Waals surface area (Å²) >= 11 is 0. The van der Waals surface area contributed by atoms with Crippen LogP contribution in [0.3, 0.4) is 0 Å². The Balaban J connectivity index is 1.69. The molecule has 0 unspecified atom stereocenters. The van der Waals surface area contributed by atoms with Crippen LogP contribution in [0.25, 0.3) is 0 Å². The largest absolute Gasteiger partial charge is 0.457 e. The Morgan fingerprint density at radius 3 is 2.52 bits per heavy atom. The van der Waals surface area contributed by atoms with Crippen molar-refractivity contribution in [1.82, 2.24) is 4.31 Å². The summed E-state index contributed by atoms with van der Waals surface area (Å²) in [4.78, 5) is 12.3. The number of hydrogen-bond donors (Lipinski definition) is 0. The van der Waals surface area contributed by atoms with Crippen molar-refractivity contribution < 1.29 is 22.3 Å². The van der Waals surface area contributed by atoms with Crippen LogP contribution in [0.15, 0.2) is 53.4 Å². The minimum Gasteiger partial charge on any atom is -0.457 e. The number of benzene rings is 2. The third kappa shape index (κ3) is 4.36. The summed E-state index contributed by atoms with van der Waals surface area (Å²) in [5, 5.41) is 0. The van der Waals surface area contributed by atoms with Crippen LogP contribution in [0.2, 0.25) is 0 Å². The molecule has 1 fully saturated rings. The molecule has 0 radical (unpaired) electrons. The molecule has 1 aliphatic rings. The molecule has 1 atom stereocenters. The summed E-state index contributed by atoms with van der Waals surface area (Å²) in [5.74, 6) is -1.07. The first-order chi connectivity index (χ1) is 12.9. The molecular weight excluding hydrogens is 369 g/mol. The highest BCUT2D eigenvalue weighted by molar-refractivity contribution is 7.89. The van der Waals surface area contributed by atoms with E-state index in [1.807, 2.05) is 6.92 Å². The Morgan fingerprint density at radius 2 is 1.85 bits per heavy atom. The van der Waals surface area contributed by atoms with Crippen molar-refractivity contribution in [1.29, 1.82) is 0 Å². The molecular formula is C20H22FNO4S. The summed E-state index contributed by atoms with van der Waals surface area (Å²) in [7, 11) is -3.58. The maximum absolute atomic E-state index is 13.6. The van der Waals surface area contributed by atoms with Crippen LogP contribution >= 0.6 is 0 Å². The second-order valence-corrected chi connectivity index (χ2v) is 8.54. The van der Waals surface area contributed by atoms with Crippen LogP contribution in [0.4, 0.5) is 4.39 Å². The number of hydrogen-bond acceptors (Lipinski definition) is 4. The predicted molar refractivity (Wildman–Crippen MR) is 99.2 cm³/mol. The van der Waals surface area contributed by atoms with Crippen LogP contribution in [-0.2, 0) is 21.4 Å². The Hall–Kier alpha value is -2.25. The summed E-state index contributed by atoms with van der Waals surface area (Å²) in [6, 6.07) is 11.7. The minimum atomic E-state index is -3.58. The van der Waals surface area contributed by atoms with Gasteiger partial charge in [0.15, 0.2) is 0 Å². The Kier molecular flexibility index (Phi) is 5.92. The topological polar surface area (TPSA) is 63.7 Å². The zero-order valence-corrected chi connectivity index (χ0v) is 15.9. The molecule has 1 heterocycles. The zero-order chi connectivity index (χ0) is 19.4. The van der Waals surface area contributed by atoms with Gasteiger partial charge in [0.05, 0.1) is 10.5 Å². The van der Waals surface area contributed by atoms with Gasteiger partial charge in [-0.25, -0.2) is 17.6 Å². The standard InChI is InChI=1S/C20H22FNO4S/c1-15-6-4-5-13-22(15)27(24,25)18-11-9-16(10-12-18)20(23)26-14-17-7-2-3-8-19(17)21/h2-3,7-12,15H,4-6,13-14H2,1H3/t15-/m0/s1. The third-order valence-corrected chi connectivity index (χ3v) is 6.78. The van der Waals surface area contributed by atoms with Crippen LogP contribution in [0.5, 0.6) is 0 Å². The average Bonchev–Trinajstić information content (AvgIpc) is 2.67. The third-order valence-electron chi connectivity index (χ3n) is 4.76. The monoisotopic (exact) mass is 391 g/mol. The van der Waals surface area contributed by atoms with Gasteiger partial charge in [-0.05, 0) is 50.1 Å². The Bertz CT molecular complexity index is 912. The van der Waals surface area contributed by atoms with Gasteiger partial charge < -0.3 is 4.74 Å². The van der Waals surface area contributed by atoms with Crippen LogP contribution in [0.1, 0.15) is 42.1 Å². The van der Waals surface area contributed by atoms with Gasteiger partial charge in [-0.1, -0.05) is 24.6 Å². The van der Waals surface area contributed by atoms with E-state index in [0.29, 0.717) is 6.54 Å². The molecule has 2 aromatic rings. The molecule has 144 valence electrons. The van der Waals surface area contributed by atoms with E-state index in [1.54, 1.807) is 12.1 Å². The average molecular weight is 391 g/mol. The predicted octanol–water partition coefficient (Wildman–Crippen LogP) is 3.75. The van der Waals surface area contributed by atoms with Crippen LogP contribution in [0, 0.1) is 5.82 Å². The summed E-state index contributed by atoms with van der Waals surface area (Å²) in [6.45, 7) is 2.23. The second kappa shape index (κ2) is 8.19. The lowest BCUT2D eigenvalue weighted by Crippen LogP contribution is -2.41. The van der Waals surface area contributed by atoms with E-state index >= 15 is 0 Å². The fraction of sp³-hybridized carbons (Fsp3) is 0.350. The lowest BCUT2D eigenvalue weighted by atomic mass is 10.1. The minimum absolute atomic E-state index is 0.0332. The lowest BCUT2D eigenvalue weighted by molar-refractivity contribution is 0.0469. The molecule has 1 aliphatic heterocycles. The van der Waals surface area contributed by atoms with E-state index < -0.39 is 21.8 Å². The molecule has 7 heteroatoms. The number of piperidine rings is 1. The number of sulfonamides is 1. The summed E-state index contributed by atoms with van der Waals surface area (Å²) in [5.41, 5.74) is 0.501. The van der Waals surface area contributed by atoms with Gasteiger partial charge in [0, 0.05) is 18.2 Å². The molecule has 5 nitrogen and oxygen atoms in total. The number of rotatable bonds is 5. The van der Waals surface area contributed by atoms with E-state index in [4.69, 9.17) is 4.74 Å². The van der Waals surface area contributed by atoms with Gasteiger partial charge in [-0.3, -0.25) is 0 Å². The van der Waals surface area contributed by atoms with E-state index in [2.05, 4.69) is 0 Å². The molecule has 0 saturated carbocycles. The number of esters is 1. The van der Waals surface area contributed by atoms with Crippen LogP contribution < -0.4 is 0 Å². The molecule has 0 aromatic heterocycles. The van der Waals surface area contributed by atoms with Crippen molar-refractivity contribution >= 4 is 16.0 Å². The van der Waals surface area contributed by atoms with Crippen molar-refractivity contribution in [2.45, 2.75) is 43.7 Å². The first-order valence-corrected chi connectivity index (χ1v) is 10.4. The molecule has 0 bridgehead atoms. The van der Waals surface area contributed by atoms with Gasteiger partial charge in [-0.15, -0.1) is 0 Å². The molecule has 1 saturated heterocycles. The highest BCUT2D eigenvalue weighted by atomic mass is 32.2. The molecule has 2 aromatic carbocycles. The molecule has 0 spiro atoms. The maximum atomic E-state index is 13.6.